The number of anilines is 3. The van der Waals surface area contributed by atoms with Gasteiger partial charge in [0.05, 0.1) is 11.4 Å². The third-order valence-electron chi connectivity index (χ3n) is 11.8. The SMILES string of the molecule is C1=CCC(c2ccccc2-c2cccc3oc4c5ccccc5c(N(c5cccc(-c6ccc(-c7ccccc7)cc6)c5)c5cccc6ccccc56)cc4c23)C=C1. The van der Waals surface area contributed by atoms with Crippen LogP contribution in [0.3, 0.4) is 0 Å². The smallest absolute Gasteiger partial charge is 0.143 e. The molecule has 2 heteroatoms. The van der Waals surface area contributed by atoms with Crippen LogP contribution in [0, 0.1) is 0 Å². The van der Waals surface area contributed by atoms with E-state index in [-0.39, 0.29) is 0 Å². The Bertz CT molecular complexity index is 3200. The summed E-state index contributed by atoms with van der Waals surface area (Å²) in [6.07, 6.45) is 9.90. The number of rotatable bonds is 7. The Kier molecular flexibility index (Phi) is 8.33. The number of hydrogen-bond acceptors (Lipinski definition) is 2. The van der Waals surface area contributed by atoms with Crippen molar-refractivity contribution >= 4 is 60.5 Å². The Balaban J connectivity index is 1.16. The van der Waals surface area contributed by atoms with Crippen LogP contribution in [0.1, 0.15) is 17.9 Å². The molecule has 9 aromatic carbocycles. The fourth-order valence-corrected chi connectivity index (χ4v) is 9.04. The van der Waals surface area contributed by atoms with Gasteiger partial charge in [-0.2, -0.15) is 0 Å². The molecular formula is C56H39NO. The largest absolute Gasteiger partial charge is 0.455 e. The Hall–Kier alpha value is -7.42. The molecule has 1 atom stereocenters. The molecule has 1 heterocycles. The van der Waals surface area contributed by atoms with Gasteiger partial charge in [0, 0.05) is 38.5 Å². The maximum absolute atomic E-state index is 6.90. The van der Waals surface area contributed by atoms with Crippen LogP contribution in [0.5, 0.6) is 0 Å². The molecule has 1 aromatic heterocycles. The summed E-state index contributed by atoms with van der Waals surface area (Å²) >= 11 is 0. The second kappa shape index (κ2) is 14.3. The van der Waals surface area contributed by atoms with Gasteiger partial charge in [-0.1, -0.05) is 188 Å². The minimum atomic E-state index is 0.315. The molecule has 0 aliphatic heterocycles. The van der Waals surface area contributed by atoms with Crippen molar-refractivity contribution in [3.8, 4) is 33.4 Å². The summed E-state index contributed by atoms with van der Waals surface area (Å²) in [5, 5.41) is 6.84. The monoisotopic (exact) mass is 741 g/mol. The second-order valence-electron chi connectivity index (χ2n) is 15.2. The van der Waals surface area contributed by atoms with E-state index in [1.165, 1.54) is 44.2 Å². The van der Waals surface area contributed by atoms with E-state index in [9.17, 15) is 0 Å². The van der Waals surface area contributed by atoms with Crippen LogP contribution in [0.2, 0.25) is 0 Å². The van der Waals surface area contributed by atoms with Crippen molar-refractivity contribution < 1.29 is 4.42 Å². The van der Waals surface area contributed by atoms with Crippen molar-refractivity contribution in [1.29, 1.82) is 0 Å². The molecule has 58 heavy (non-hydrogen) atoms. The van der Waals surface area contributed by atoms with E-state index in [0.29, 0.717) is 5.92 Å². The van der Waals surface area contributed by atoms with E-state index in [2.05, 4.69) is 223 Å². The first kappa shape index (κ1) is 33.9. The van der Waals surface area contributed by atoms with Gasteiger partial charge < -0.3 is 9.32 Å². The van der Waals surface area contributed by atoms with Crippen molar-refractivity contribution in [3.63, 3.8) is 0 Å². The topological polar surface area (TPSA) is 16.4 Å². The third-order valence-corrected chi connectivity index (χ3v) is 11.8. The van der Waals surface area contributed by atoms with Crippen LogP contribution >= 0.6 is 0 Å². The van der Waals surface area contributed by atoms with Gasteiger partial charge in [-0.15, -0.1) is 0 Å². The molecule has 11 rings (SSSR count). The van der Waals surface area contributed by atoms with Crippen LogP contribution in [0.25, 0.3) is 76.9 Å². The maximum atomic E-state index is 6.90. The molecule has 0 radical (unpaired) electrons. The molecule has 1 unspecified atom stereocenters. The minimum Gasteiger partial charge on any atom is -0.455 e. The fraction of sp³-hybridized carbons (Fsp3) is 0.0357. The number of benzene rings is 9. The molecule has 10 aromatic rings. The van der Waals surface area contributed by atoms with Crippen molar-refractivity contribution in [2.24, 2.45) is 0 Å². The molecule has 0 fully saturated rings. The average Bonchev–Trinajstić information content (AvgIpc) is 3.69. The van der Waals surface area contributed by atoms with E-state index < -0.39 is 0 Å². The lowest BCUT2D eigenvalue weighted by Crippen LogP contribution is -2.11. The number of nitrogens with zero attached hydrogens (tertiary/aromatic N) is 1. The number of fused-ring (bicyclic) bond motifs is 6. The summed E-state index contributed by atoms with van der Waals surface area (Å²) in [7, 11) is 0. The maximum Gasteiger partial charge on any atom is 0.143 e. The van der Waals surface area contributed by atoms with Crippen LogP contribution in [-0.4, -0.2) is 0 Å². The second-order valence-corrected chi connectivity index (χ2v) is 15.2. The van der Waals surface area contributed by atoms with E-state index in [1.54, 1.807) is 0 Å². The van der Waals surface area contributed by atoms with Gasteiger partial charge in [-0.3, -0.25) is 0 Å². The molecule has 2 nitrogen and oxygen atoms in total. The van der Waals surface area contributed by atoms with Crippen LogP contribution in [0.15, 0.2) is 223 Å². The van der Waals surface area contributed by atoms with Gasteiger partial charge in [0.1, 0.15) is 11.2 Å². The summed E-state index contributed by atoms with van der Waals surface area (Å²) in [4.78, 5) is 2.46. The van der Waals surface area contributed by atoms with Gasteiger partial charge in [0.2, 0.25) is 0 Å². The van der Waals surface area contributed by atoms with Crippen LogP contribution in [0.4, 0.5) is 17.1 Å². The highest BCUT2D eigenvalue weighted by Gasteiger charge is 2.24. The van der Waals surface area contributed by atoms with Gasteiger partial charge in [-0.25, -0.2) is 0 Å². The quantitative estimate of drug-likeness (QED) is 0.162. The normalized spacial score (nSPS) is 13.8. The number of furan rings is 1. The summed E-state index contributed by atoms with van der Waals surface area (Å²) in [6, 6.07) is 70.3. The molecule has 0 saturated carbocycles. The first-order valence-corrected chi connectivity index (χ1v) is 20.1. The lowest BCUT2D eigenvalue weighted by atomic mass is 9.85. The molecule has 0 N–H and O–H groups in total. The Morgan fingerprint density at radius 2 is 1.10 bits per heavy atom. The van der Waals surface area contributed by atoms with Crippen LogP contribution < -0.4 is 4.90 Å². The zero-order valence-electron chi connectivity index (χ0n) is 31.9. The van der Waals surface area contributed by atoms with E-state index >= 15 is 0 Å². The summed E-state index contributed by atoms with van der Waals surface area (Å²) in [5.74, 6) is 0.315. The lowest BCUT2D eigenvalue weighted by molar-refractivity contribution is 0.673. The van der Waals surface area contributed by atoms with Crippen LogP contribution in [-0.2, 0) is 0 Å². The first-order chi connectivity index (χ1) is 28.8. The minimum absolute atomic E-state index is 0.315. The first-order valence-electron chi connectivity index (χ1n) is 20.1. The van der Waals surface area contributed by atoms with Gasteiger partial charge in [-0.05, 0) is 81.1 Å². The summed E-state index contributed by atoms with van der Waals surface area (Å²) in [5.41, 5.74) is 13.6. The molecule has 274 valence electrons. The molecular weight excluding hydrogens is 703 g/mol. The fourth-order valence-electron chi connectivity index (χ4n) is 9.04. The highest BCUT2D eigenvalue weighted by molar-refractivity contribution is 6.23. The van der Waals surface area contributed by atoms with Crippen molar-refractivity contribution in [3.05, 3.63) is 224 Å². The zero-order chi connectivity index (χ0) is 38.4. The van der Waals surface area contributed by atoms with Gasteiger partial charge >= 0.3 is 0 Å². The third kappa shape index (κ3) is 5.81. The van der Waals surface area contributed by atoms with Crippen molar-refractivity contribution in [1.82, 2.24) is 0 Å². The number of hydrogen-bond donors (Lipinski definition) is 0. The van der Waals surface area contributed by atoms with E-state index in [0.717, 1.165) is 61.8 Å². The molecule has 0 amide bonds. The Morgan fingerprint density at radius 1 is 0.448 bits per heavy atom. The highest BCUT2D eigenvalue weighted by atomic mass is 16.3. The van der Waals surface area contributed by atoms with Gasteiger partial charge in [0.25, 0.3) is 0 Å². The number of allylic oxidation sites excluding steroid dienone is 4. The Morgan fingerprint density at radius 3 is 1.95 bits per heavy atom. The predicted octanol–water partition coefficient (Wildman–Crippen LogP) is 16.0. The molecule has 0 bridgehead atoms. The molecule has 1 aliphatic rings. The van der Waals surface area contributed by atoms with Crippen molar-refractivity contribution in [2.75, 3.05) is 4.90 Å². The average molecular weight is 742 g/mol. The van der Waals surface area contributed by atoms with Gasteiger partial charge in [0.15, 0.2) is 0 Å². The van der Waals surface area contributed by atoms with E-state index in [4.69, 9.17) is 4.42 Å². The summed E-state index contributed by atoms with van der Waals surface area (Å²) < 4.78 is 6.90. The zero-order valence-corrected chi connectivity index (χ0v) is 31.9. The Labute approximate surface area is 338 Å². The molecule has 1 aliphatic carbocycles. The predicted molar refractivity (Wildman–Crippen MR) is 245 cm³/mol. The highest BCUT2D eigenvalue weighted by Crippen LogP contribution is 2.48. The van der Waals surface area contributed by atoms with E-state index in [1.807, 2.05) is 0 Å². The standard InChI is InChI=1S/C56H39NO/c1-3-16-38(17-4-1)39-32-34-40(35-33-39)43-22-13-23-44(36-43)57(52-30-14-21-42-20-7-8-25-46(42)52)53-37-51-55-49(47-26-10-9-24-45(47)41-18-5-2-6-19-41)29-15-31-54(55)58-56(51)50-28-12-11-27-48(50)53/h1-18,20-37,41H,19H2. The lowest BCUT2D eigenvalue weighted by Gasteiger charge is -2.29. The van der Waals surface area contributed by atoms with Crippen molar-refractivity contribution in [2.45, 2.75) is 12.3 Å². The molecule has 0 saturated heterocycles. The molecule has 0 spiro atoms. The summed E-state index contributed by atoms with van der Waals surface area (Å²) in [6.45, 7) is 0.